The highest BCUT2D eigenvalue weighted by atomic mass is 32.2. The molecule has 2 N–H and O–H groups in total. The molecule has 2 atom stereocenters. The molecule has 196 valence electrons. The fourth-order valence-corrected chi connectivity index (χ4v) is 8.08. The largest absolute Gasteiger partial charge is 0.369 e. The fourth-order valence-electron chi connectivity index (χ4n) is 5.53. The van der Waals surface area contributed by atoms with Crippen molar-refractivity contribution in [2.45, 2.75) is 30.2 Å². The summed E-state index contributed by atoms with van der Waals surface area (Å²) in [4.78, 5) is 21.1. The first-order valence-electron chi connectivity index (χ1n) is 12.4. The average Bonchev–Trinajstić information content (AvgIpc) is 3.44. The molecule has 0 bridgehead atoms. The van der Waals surface area contributed by atoms with Crippen LogP contribution in [0.4, 0.5) is 0 Å². The maximum Gasteiger partial charge on any atom is 0.243 e. The molecule has 3 heterocycles. The highest BCUT2D eigenvalue weighted by Gasteiger charge is 2.51. The minimum atomic E-state index is -3.59. The van der Waals surface area contributed by atoms with Gasteiger partial charge in [-0.3, -0.25) is 9.69 Å². The van der Waals surface area contributed by atoms with Crippen LogP contribution in [0.3, 0.4) is 0 Å². The molecular formula is C28H29N5O3S2. The number of hydrogen-bond acceptors (Lipinski definition) is 7. The van der Waals surface area contributed by atoms with E-state index < -0.39 is 21.5 Å². The third-order valence-electron chi connectivity index (χ3n) is 7.67. The lowest BCUT2D eigenvalue weighted by atomic mass is 9.71. The second-order valence-electron chi connectivity index (χ2n) is 9.94. The molecule has 0 aliphatic carbocycles. The maximum absolute atomic E-state index is 13.7. The van der Waals surface area contributed by atoms with Gasteiger partial charge in [-0.2, -0.15) is 9.57 Å². The summed E-state index contributed by atoms with van der Waals surface area (Å²) >= 11 is 1.52. The minimum absolute atomic E-state index is 0.0681. The number of benzene rings is 2. The van der Waals surface area contributed by atoms with Gasteiger partial charge >= 0.3 is 0 Å². The number of aliphatic imine (C=N–C) groups is 1. The van der Waals surface area contributed by atoms with Crippen molar-refractivity contribution in [3.05, 3.63) is 76.5 Å². The van der Waals surface area contributed by atoms with Crippen molar-refractivity contribution in [1.29, 1.82) is 5.26 Å². The van der Waals surface area contributed by atoms with Crippen LogP contribution < -0.4 is 5.73 Å². The first-order chi connectivity index (χ1) is 18.1. The van der Waals surface area contributed by atoms with Crippen LogP contribution in [0.15, 0.2) is 75.9 Å². The van der Waals surface area contributed by atoms with Gasteiger partial charge in [0.2, 0.25) is 15.9 Å². The van der Waals surface area contributed by atoms with Gasteiger partial charge in [0, 0.05) is 25.0 Å². The second kappa shape index (κ2) is 9.98. The fraction of sp³-hybridized carbons (Fsp3) is 0.321. The molecule has 2 aliphatic rings. The van der Waals surface area contributed by atoms with E-state index in [1.54, 1.807) is 43.4 Å². The Labute approximate surface area is 227 Å². The second-order valence-corrected chi connectivity index (χ2v) is 12.8. The summed E-state index contributed by atoms with van der Waals surface area (Å²) in [6.45, 7) is 2.62. The van der Waals surface area contributed by atoms with Crippen molar-refractivity contribution in [3.8, 4) is 17.2 Å². The lowest BCUT2D eigenvalue weighted by Crippen LogP contribution is -2.57. The van der Waals surface area contributed by atoms with Crippen molar-refractivity contribution in [1.82, 2.24) is 9.21 Å². The third-order valence-corrected chi connectivity index (χ3v) is 10.7. The van der Waals surface area contributed by atoms with Gasteiger partial charge < -0.3 is 5.73 Å². The molecule has 2 aromatic carbocycles. The Bertz CT molecular complexity index is 1540. The summed E-state index contributed by atoms with van der Waals surface area (Å²) in [6.07, 6.45) is 1.09. The van der Waals surface area contributed by atoms with Crippen molar-refractivity contribution >= 4 is 33.2 Å². The average molecular weight is 548 g/mol. The van der Waals surface area contributed by atoms with Crippen LogP contribution >= 0.6 is 11.3 Å². The van der Waals surface area contributed by atoms with Gasteiger partial charge in [0.25, 0.3) is 0 Å². The Morgan fingerprint density at radius 1 is 1.08 bits per heavy atom. The summed E-state index contributed by atoms with van der Waals surface area (Å²) in [6, 6.07) is 20.0. The van der Waals surface area contributed by atoms with E-state index in [9.17, 15) is 18.5 Å². The van der Waals surface area contributed by atoms with Crippen LogP contribution in [0.5, 0.6) is 0 Å². The highest BCUT2D eigenvalue weighted by molar-refractivity contribution is 7.89. The molecule has 1 amide bonds. The predicted molar refractivity (Wildman–Crippen MR) is 148 cm³/mol. The molecule has 38 heavy (non-hydrogen) atoms. The van der Waals surface area contributed by atoms with E-state index in [1.807, 2.05) is 36.6 Å². The Morgan fingerprint density at radius 2 is 1.79 bits per heavy atom. The Balaban J connectivity index is 1.44. The van der Waals surface area contributed by atoms with Crippen molar-refractivity contribution in [3.63, 3.8) is 0 Å². The van der Waals surface area contributed by atoms with E-state index in [-0.39, 0.29) is 22.7 Å². The normalized spacial score (nSPS) is 23.2. The number of amides is 1. The molecule has 0 spiro atoms. The molecular weight excluding hydrogens is 518 g/mol. The number of thiophene rings is 1. The standard InChI is InChI=1S/C28H29N5O3S2/c1-28(24-16-22(18-37-24)21-8-6-7-19(15-21)17-29)25(26(34)32(2)27(30)31-28)20-11-13-33(14-12-20)38(35,36)23-9-4-3-5-10-23/h3-10,15-16,18,20,25H,11-14H2,1-2H3,(H2,30,31)/t25-,28-/m1/s1. The van der Waals surface area contributed by atoms with E-state index in [2.05, 4.69) is 6.07 Å². The Kier molecular flexibility index (Phi) is 6.86. The zero-order valence-corrected chi connectivity index (χ0v) is 22.9. The number of hydrogen-bond donors (Lipinski definition) is 1. The Hall–Kier alpha value is -3.52. The van der Waals surface area contributed by atoms with Gasteiger partial charge in [-0.15, -0.1) is 11.3 Å². The zero-order valence-electron chi connectivity index (χ0n) is 21.2. The number of piperidine rings is 1. The maximum atomic E-state index is 13.7. The monoisotopic (exact) mass is 547 g/mol. The molecule has 1 aromatic heterocycles. The topological polar surface area (TPSA) is 120 Å². The molecule has 3 aromatic rings. The highest BCUT2D eigenvalue weighted by Crippen LogP contribution is 2.47. The minimum Gasteiger partial charge on any atom is -0.369 e. The molecule has 0 radical (unpaired) electrons. The van der Waals surface area contributed by atoms with Crippen LogP contribution in [0.25, 0.3) is 11.1 Å². The van der Waals surface area contributed by atoms with Gasteiger partial charge in [-0.25, -0.2) is 13.4 Å². The SMILES string of the molecule is CN1C(=O)[C@@H](C2CCN(S(=O)(=O)c3ccccc3)CC2)[C@@](C)(c2cc(-c3cccc(C#N)c3)cs2)N=C1N. The van der Waals surface area contributed by atoms with E-state index in [0.717, 1.165) is 16.0 Å². The number of nitrogens with two attached hydrogens (primary N) is 1. The molecule has 10 heteroatoms. The number of rotatable bonds is 5. The van der Waals surface area contributed by atoms with E-state index in [0.29, 0.717) is 31.5 Å². The summed E-state index contributed by atoms with van der Waals surface area (Å²) in [5, 5.41) is 11.3. The molecule has 8 nitrogen and oxygen atoms in total. The number of sulfonamides is 1. The first-order valence-corrected chi connectivity index (χ1v) is 14.7. The number of carbonyl (C=O) groups is 1. The smallest absolute Gasteiger partial charge is 0.243 e. The third kappa shape index (κ3) is 4.51. The van der Waals surface area contributed by atoms with Crippen LogP contribution in [-0.4, -0.2) is 49.6 Å². The van der Waals surface area contributed by atoms with Gasteiger partial charge in [-0.1, -0.05) is 30.3 Å². The molecule has 0 saturated carbocycles. The predicted octanol–water partition coefficient (Wildman–Crippen LogP) is 4.01. The van der Waals surface area contributed by atoms with Gasteiger partial charge in [0.15, 0.2) is 5.96 Å². The zero-order chi connectivity index (χ0) is 27.1. The number of guanidine groups is 1. The summed E-state index contributed by atoms with van der Waals surface area (Å²) < 4.78 is 27.8. The van der Waals surface area contributed by atoms with Crippen LogP contribution in [0.1, 0.15) is 30.2 Å². The van der Waals surface area contributed by atoms with Crippen molar-refractivity contribution in [2.75, 3.05) is 20.1 Å². The molecule has 0 unspecified atom stereocenters. The first kappa shape index (κ1) is 26.1. The van der Waals surface area contributed by atoms with Gasteiger partial charge in [-0.05, 0) is 72.5 Å². The van der Waals surface area contributed by atoms with Crippen LogP contribution in [-0.2, 0) is 20.4 Å². The molecule has 5 rings (SSSR count). The molecule has 1 saturated heterocycles. The van der Waals surface area contributed by atoms with Crippen LogP contribution in [0, 0.1) is 23.2 Å². The summed E-state index contributed by atoms with van der Waals surface area (Å²) in [5.41, 5.74) is 7.76. The lowest BCUT2D eigenvalue weighted by Gasteiger charge is -2.45. The van der Waals surface area contributed by atoms with Crippen molar-refractivity contribution in [2.24, 2.45) is 22.6 Å². The summed E-state index contributed by atoms with van der Waals surface area (Å²) in [5.74, 6) is -0.495. The van der Waals surface area contributed by atoms with Gasteiger partial charge in [0.1, 0.15) is 5.54 Å². The number of nitrogens with zero attached hydrogens (tertiary/aromatic N) is 4. The van der Waals surface area contributed by atoms with E-state index >= 15 is 0 Å². The number of carbonyl (C=O) groups excluding carboxylic acids is 1. The summed E-state index contributed by atoms with van der Waals surface area (Å²) in [7, 11) is -1.96. The van der Waals surface area contributed by atoms with Crippen LogP contribution in [0.2, 0.25) is 0 Å². The molecule has 2 aliphatic heterocycles. The quantitative estimate of drug-likeness (QED) is 0.518. The van der Waals surface area contributed by atoms with E-state index in [1.165, 1.54) is 20.5 Å². The number of nitriles is 1. The Morgan fingerprint density at radius 3 is 2.47 bits per heavy atom. The van der Waals surface area contributed by atoms with Gasteiger partial charge in [0.05, 0.1) is 22.4 Å². The van der Waals surface area contributed by atoms with Crippen molar-refractivity contribution < 1.29 is 13.2 Å². The van der Waals surface area contributed by atoms with E-state index in [4.69, 9.17) is 10.7 Å². The lowest BCUT2D eigenvalue weighted by molar-refractivity contribution is -0.137. The molecule has 1 fully saturated rings.